The molecule has 2 aliphatic heterocycles. The van der Waals surface area contributed by atoms with Crippen molar-refractivity contribution in [3.63, 3.8) is 0 Å². The van der Waals surface area contributed by atoms with Crippen LogP contribution in [0.5, 0.6) is 0 Å². The van der Waals surface area contributed by atoms with E-state index >= 15 is 0 Å². The van der Waals surface area contributed by atoms with Crippen LogP contribution in [-0.4, -0.2) is 23.9 Å². The molecular formula is C12H10O6. The fourth-order valence-corrected chi connectivity index (χ4v) is 4.32. The Morgan fingerprint density at radius 3 is 1.17 bits per heavy atom. The van der Waals surface area contributed by atoms with Crippen molar-refractivity contribution >= 4 is 23.9 Å². The summed E-state index contributed by atoms with van der Waals surface area (Å²) in [5.74, 6) is -4.38. The molecule has 0 aromatic heterocycles. The summed E-state index contributed by atoms with van der Waals surface area (Å²) < 4.78 is 9.41. The van der Waals surface area contributed by atoms with E-state index in [1.807, 2.05) is 0 Å². The van der Waals surface area contributed by atoms with Crippen molar-refractivity contribution in [3.05, 3.63) is 0 Å². The molecule has 4 atom stereocenters. The third-order valence-corrected chi connectivity index (χ3v) is 4.93. The maximum Gasteiger partial charge on any atom is 0.316 e. The van der Waals surface area contributed by atoms with E-state index in [0.29, 0.717) is 12.8 Å². The van der Waals surface area contributed by atoms with Gasteiger partial charge in [-0.15, -0.1) is 0 Å². The highest BCUT2D eigenvalue weighted by atomic mass is 16.6. The van der Waals surface area contributed by atoms with Gasteiger partial charge < -0.3 is 9.47 Å². The number of cyclic esters (lactones) is 4. The average molecular weight is 250 g/mol. The van der Waals surface area contributed by atoms with Crippen LogP contribution in [0.25, 0.3) is 0 Å². The second-order valence-electron chi connectivity index (χ2n) is 5.53. The lowest BCUT2D eigenvalue weighted by atomic mass is 9.84. The summed E-state index contributed by atoms with van der Waals surface area (Å²) in [5, 5.41) is 0. The Morgan fingerprint density at radius 2 is 0.889 bits per heavy atom. The van der Waals surface area contributed by atoms with Crippen LogP contribution in [0.1, 0.15) is 12.8 Å². The number of carbonyl (C=O) groups excluding carboxylic acids is 4. The predicted octanol–water partition coefficient (Wildman–Crippen LogP) is -0.342. The van der Waals surface area contributed by atoms with Crippen LogP contribution in [0.4, 0.5) is 0 Å². The monoisotopic (exact) mass is 250 g/mol. The Kier molecular flexibility index (Phi) is 1.70. The molecule has 4 aliphatic rings. The smallest absolute Gasteiger partial charge is 0.316 e. The average Bonchev–Trinajstić information content (AvgIpc) is 2.79. The van der Waals surface area contributed by atoms with Gasteiger partial charge in [-0.2, -0.15) is 0 Å². The Hall–Kier alpha value is -1.72. The zero-order chi connectivity index (χ0) is 12.6. The Labute approximate surface area is 102 Å². The first-order chi connectivity index (χ1) is 8.58. The number of hydrogen-bond acceptors (Lipinski definition) is 6. The minimum atomic E-state index is -0.545. The van der Waals surface area contributed by atoms with Crippen LogP contribution in [0.3, 0.4) is 0 Å². The first-order valence-corrected chi connectivity index (χ1v) is 6.09. The molecule has 2 aliphatic carbocycles. The number of ether oxygens (including phenoxy) is 2. The quantitative estimate of drug-likeness (QED) is 0.332. The van der Waals surface area contributed by atoms with Gasteiger partial charge in [0.15, 0.2) is 0 Å². The van der Waals surface area contributed by atoms with Crippen molar-refractivity contribution in [2.75, 3.05) is 0 Å². The number of rotatable bonds is 0. The lowest BCUT2D eigenvalue weighted by Gasteiger charge is -2.25. The molecule has 0 N–H and O–H groups in total. The second-order valence-corrected chi connectivity index (χ2v) is 5.53. The predicted molar refractivity (Wildman–Crippen MR) is 52.4 cm³/mol. The molecule has 18 heavy (non-hydrogen) atoms. The van der Waals surface area contributed by atoms with Crippen LogP contribution in [0, 0.1) is 35.5 Å². The summed E-state index contributed by atoms with van der Waals surface area (Å²) in [4.78, 5) is 46.8. The van der Waals surface area contributed by atoms with Gasteiger partial charge in [-0.1, -0.05) is 0 Å². The van der Waals surface area contributed by atoms with Crippen LogP contribution < -0.4 is 0 Å². The van der Waals surface area contributed by atoms with E-state index in [1.165, 1.54) is 0 Å². The molecule has 6 nitrogen and oxygen atoms in total. The molecule has 0 aromatic carbocycles. The van der Waals surface area contributed by atoms with Gasteiger partial charge in [0.05, 0.1) is 23.7 Å². The first kappa shape index (κ1) is 10.2. The summed E-state index contributed by atoms with van der Waals surface area (Å²) in [7, 11) is 0. The first-order valence-electron chi connectivity index (χ1n) is 6.09. The highest BCUT2D eigenvalue weighted by Gasteiger charge is 2.67. The van der Waals surface area contributed by atoms with E-state index in [-0.39, 0.29) is 11.8 Å². The molecule has 0 amide bonds. The molecule has 0 spiro atoms. The minimum Gasteiger partial charge on any atom is -0.393 e. The SMILES string of the molecule is O=C1OC(=O)[C@@H]2C[C@H]1C1C2[C@H]2C[C@@H]1C(=O)OC2=O. The Bertz CT molecular complexity index is 423. The van der Waals surface area contributed by atoms with Crippen LogP contribution in [0.2, 0.25) is 0 Å². The third kappa shape index (κ3) is 0.996. The molecule has 0 unspecified atom stereocenters. The lowest BCUT2D eigenvalue weighted by Crippen LogP contribution is -2.38. The van der Waals surface area contributed by atoms with Crippen molar-refractivity contribution in [1.82, 2.24) is 0 Å². The van der Waals surface area contributed by atoms with Gasteiger partial charge in [-0.05, 0) is 24.7 Å². The zero-order valence-electron chi connectivity index (χ0n) is 9.33. The summed E-state index contributed by atoms with van der Waals surface area (Å²) in [6.45, 7) is 0. The molecule has 4 bridgehead atoms. The highest BCUT2D eigenvalue weighted by molar-refractivity contribution is 5.97. The second kappa shape index (κ2) is 2.99. The van der Waals surface area contributed by atoms with Crippen molar-refractivity contribution in [3.8, 4) is 0 Å². The maximum absolute atomic E-state index is 11.7. The molecule has 0 radical (unpaired) electrons. The van der Waals surface area contributed by atoms with Gasteiger partial charge >= 0.3 is 23.9 Å². The van der Waals surface area contributed by atoms with Crippen LogP contribution in [-0.2, 0) is 28.7 Å². The largest absolute Gasteiger partial charge is 0.393 e. The van der Waals surface area contributed by atoms with Gasteiger partial charge in [0.25, 0.3) is 0 Å². The normalized spacial score (nSPS) is 48.9. The number of esters is 4. The van der Waals surface area contributed by atoms with E-state index in [4.69, 9.17) is 9.47 Å². The zero-order valence-corrected chi connectivity index (χ0v) is 9.33. The van der Waals surface area contributed by atoms with Crippen molar-refractivity contribution in [1.29, 1.82) is 0 Å². The molecule has 0 aromatic rings. The van der Waals surface area contributed by atoms with E-state index < -0.39 is 47.5 Å². The van der Waals surface area contributed by atoms with Gasteiger partial charge in [0.1, 0.15) is 0 Å². The van der Waals surface area contributed by atoms with Crippen LogP contribution >= 0.6 is 0 Å². The lowest BCUT2D eigenvalue weighted by molar-refractivity contribution is -0.173. The molecule has 2 saturated carbocycles. The van der Waals surface area contributed by atoms with Crippen molar-refractivity contribution in [2.24, 2.45) is 35.5 Å². The number of carbonyl (C=O) groups is 4. The molecule has 2 heterocycles. The maximum atomic E-state index is 11.7. The van der Waals surface area contributed by atoms with Gasteiger partial charge in [0.2, 0.25) is 0 Å². The molecule has 4 rings (SSSR count). The molecule has 2 saturated heterocycles. The van der Waals surface area contributed by atoms with Gasteiger partial charge in [0, 0.05) is 0 Å². The van der Waals surface area contributed by atoms with E-state index in [0.717, 1.165) is 0 Å². The fraction of sp³-hybridized carbons (Fsp3) is 0.667. The summed E-state index contributed by atoms with van der Waals surface area (Å²) >= 11 is 0. The molecule has 6 heteroatoms. The van der Waals surface area contributed by atoms with Crippen molar-refractivity contribution < 1.29 is 28.7 Å². The molecular weight excluding hydrogens is 240 g/mol. The molecule has 4 fully saturated rings. The van der Waals surface area contributed by atoms with Crippen molar-refractivity contribution in [2.45, 2.75) is 12.8 Å². The standard InChI is InChI=1S/C12H10O6/c13-9-3-1-4(10(14)17-9)8-6-2-5(7(3)8)11(15)18-12(6)16/h3-8H,1-2H2/t3-,4+,5-,6+,7?,8?. The van der Waals surface area contributed by atoms with E-state index in [1.54, 1.807) is 0 Å². The van der Waals surface area contributed by atoms with E-state index in [9.17, 15) is 19.2 Å². The summed E-state index contributed by atoms with van der Waals surface area (Å²) in [5.41, 5.74) is 0. The van der Waals surface area contributed by atoms with E-state index in [2.05, 4.69) is 0 Å². The fourth-order valence-electron chi connectivity index (χ4n) is 4.32. The number of fused-ring (bicyclic) bond motifs is 9. The highest BCUT2D eigenvalue weighted by Crippen LogP contribution is 2.60. The Balaban J connectivity index is 1.83. The van der Waals surface area contributed by atoms with Gasteiger partial charge in [-0.3, -0.25) is 19.2 Å². The van der Waals surface area contributed by atoms with Gasteiger partial charge in [-0.25, -0.2) is 0 Å². The van der Waals surface area contributed by atoms with Crippen LogP contribution in [0.15, 0.2) is 0 Å². The third-order valence-electron chi connectivity index (χ3n) is 4.93. The summed E-state index contributed by atoms with van der Waals surface area (Å²) in [6.07, 6.45) is 0.834. The number of hydrogen-bond donors (Lipinski definition) is 0. The summed E-state index contributed by atoms with van der Waals surface area (Å²) in [6, 6.07) is 0. The topological polar surface area (TPSA) is 86.7 Å². The Morgan fingerprint density at radius 1 is 0.611 bits per heavy atom. The minimum absolute atomic E-state index is 0.252. The molecule has 94 valence electrons.